The maximum Gasteiger partial charge on any atom is 0.512 e. The van der Waals surface area contributed by atoms with E-state index in [0.717, 1.165) is 0 Å². The van der Waals surface area contributed by atoms with Crippen LogP contribution in [0, 0.1) is 0 Å². The van der Waals surface area contributed by atoms with Crippen LogP contribution in [-0.2, 0) is 10.0 Å². The van der Waals surface area contributed by atoms with Gasteiger partial charge in [-0.25, -0.2) is 8.42 Å². The van der Waals surface area contributed by atoms with Crippen LogP contribution in [0.3, 0.4) is 0 Å². The standard InChI is InChI=1S/C12H14F3NO3S2/c1-2-8-7-11(9-5-3-4-6-10(9)19-8)20-16-21(17,18)12(13,14)15/h3-6,8,11,16H,2,7H2,1H3. The van der Waals surface area contributed by atoms with Crippen molar-refractivity contribution < 1.29 is 26.3 Å². The molecule has 0 bridgehead atoms. The van der Waals surface area contributed by atoms with E-state index < -0.39 is 20.8 Å². The van der Waals surface area contributed by atoms with Gasteiger partial charge in [-0.1, -0.05) is 37.1 Å². The fraction of sp³-hybridized carbons (Fsp3) is 0.500. The number of benzene rings is 1. The summed E-state index contributed by atoms with van der Waals surface area (Å²) in [6.45, 7) is 1.90. The summed E-state index contributed by atoms with van der Waals surface area (Å²) in [5.41, 5.74) is -4.62. The normalized spacial score (nSPS) is 22.5. The highest BCUT2D eigenvalue weighted by Crippen LogP contribution is 2.43. The molecular formula is C12H14F3NO3S2. The third kappa shape index (κ3) is 3.64. The fourth-order valence-electron chi connectivity index (χ4n) is 1.98. The van der Waals surface area contributed by atoms with E-state index in [1.807, 2.05) is 6.92 Å². The van der Waals surface area contributed by atoms with Crippen molar-refractivity contribution in [3.8, 4) is 5.75 Å². The topological polar surface area (TPSA) is 55.4 Å². The number of fused-ring (bicyclic) bond motifs is 1. The van der Waals surface area contributed by atoms with Crippen molar-refractivity contribution in [3.05, 3.63) is 29.8 Å². The van der Waals surface area contributed by atoms with Gasteiger partial charge in [0.2, 0.25) is 0 Å². The van der Waals surface area contributed by atoms with E-state index in [-0.39, 0.29) is 6.10 Å². The molecule has 2 rings (SSSR count). The lowest BCUT2D eigenvalue weighted by Gasteiger charge is -2.31. The van der Waals surface area contributed by atoms with Gasteiger partial charge >= 0.3 is 15.5 Å². The molecule has 2 atom stereocenters. The van der Waals surface area contributed by atoms with Gasteiger partial charge in [0.1, 0.15) is 5.75 Å². The SMILES string of the molecule is CCC1CC(SNS(=O)(=O)C(F)(F)F)c2ccccc2O1. The predicted molar refractivity (Wildman–Crippen MR) is 74.2 cm³/mol. The molecular weight excluding hydrogens is 327 g/mol. The summed E-state index contributed by atoms with van der Waals surface area (Å²) < 4.78 is 66.4. The number of rotatable bonds is 4. The van der Waals surface area contributed by atoms with Gasteiger partial charge in [-0.3, -0.25) is 0 Å². The number of nitrogens with one attached hydrogen (secondary N) is 1. The molecule has 0 radical (unpaired) electrons. The summed E-state index contributed by atoms with van der Waals surface area (Å²) in [5.74, 6) is 0.583. The lowest BCUT2D eigenvalue weighted by molar-refractivity contribution is -0.0440. The maximum absolute atomic E-state index is 12.3. The van der Waals surface area contributed by atoms with E-state index in [9.17, 15) is 21.6 Å². The molecule has 1 N–H and O–H groups in total. The van der Waals surface area contributed by atoms with Gasteiger partial charge in [0.15, 0.2) is 0 Å². The van der Waals surface area contributed by atoms with E-state index in [1.165, 1.54) is 0 Å². The predicted octanol–water partition coefficient (Wildman–Crippen LogP) is 3.38. The number of hydrogen-bond acceptors (Lipinski definition) is 4. The number of hydrogen-bond donors (Lipinski definition) is 1. The third-order valence-corrected chi connectivity index (χ3v) is 5.70. The number of ether oxygens (including phenoxy) is 1. The van der Waals surface area contributed by atoms with Crippen LogP contribution in [0.4, 0.5) is 13.2 Å². The molecule has 0 spiro atoms. The quantitative estimate of drug-likeness (QED) is 0.853. The Morgan fingerprint density at radius 3 is 2.67 bits per heavy atom. The summed E-state index contributed by atoms with van der Waals surface area (Å²) in [4.78, 5) is 0. The van der Waals surface area contributed by atoms with Gasteiger partial charge in [-0.2, -0.15) is 17.3 Å². The van der Waals surface area contributed by atoms with Crippen molar-refractivity contribution in [1.29, 1.82) is 0 Å². The molecule has 1 aliphatic heterocycles. The molecule has 0 aromatic heterocycles. The first-order valence-electron chi connectivity index (χ1n) is 6.24. The molecule has 0 amide bonds. The zero-order valence-electron chi connectivity index (χ0n) is 11.1. The monoisotopic (exact) mass is 341 g/mol. The lowest BCUT2D eigenvalue weighted by atomic mass is 10.0. The van der Waals surface area contributed by atoms with Crippen LogP contribution >= 0.6 is 11.9 Å². The molecule has 2 unspecified atom stereocenters. The average Bonchev–Trinajstić information content (AvgIpc) is 2.43. The van der Waals surface area contributed by atoms with Gasteiger partial charge < -0.3 is 4.74 Å². The summed E-state index contributed by atoms with van der Waals surface area (Å²) in [6.07, 6.45) is 0.989. The van der Waals surface area contributed by atoms with E-state index in [1.54, 1.807) is 28.4 Å². The Labute approximate surface area is 125 Å². The minimum Gasteiger partial charge on any atom is -0.490 e. The minimum absolute atomic E-state index is 0.146. The Hall–Kier alpha value is -0.930. The van der Waals surface area contributed by atoms with Crippen LogP contribution < -0.4 is 8.86 Å². The molecule has 1 heterocycles. The second-order valence-electron chi connectivity index (χ2n) is 4.56. The molecule has 4 nitrogen and oxygen atoms in total. The number of para-hydroxylation sites is 1. The molecule has 21 heavy (non-hydrogen) atoms. The zero-order chi connectivity index (χ0) is 15.7. The molecule has 0 fully saturated rings. The Morgan fingerprint density at radius 1 is 1.38 bits per heavy atom. The number of halogens is 3. The van der Waals surface area contributed by atoms with E-state index >= 15 is 0 Å². The fourth-order valence-corrected chi connectivity index (χ4v) is 3.96. The van der Waals surface area contributed by atoms with Gasteiger partial charge in [0, 0.05) is 12.0 Å². The Morgan fingerprint density at radius 2 is 2.05 bits per heavy atom. The Kier molecular flexibility index (Phi) is 4.74. The van der Waals surface area contributed by atoms with Gasteiger partial charge in [0.25, 0.3) is 0 Å². The van der Waals surface area contributed by atoms with Crippen molar-refractivity contribution in [2.24, 2.45) is 0 Å². The second kappa shape index (κ2) is 6.05. The van der Waals surface area contributed by atoms with Crippen LogP contribution in [0.2, 0.25) is 0 Å². The summed E-state index contributed by atoms with van der Waals surface area (Å²) in [6, 6.07) is 6.95. The average molecular weight is 341 g/mol. The minimum atomic E-state index is -5.35. The number of sulfonamides is 1. The van der Waals surface area contributed by atoms with Crippen molar-refractivity contribution in [1.82, 2.24) is 4.13 Å². The highest BCUT2D eigenvalue weighted by molar-refractivity contribution is 8.09. The van der Waals surface area contributed by atoms with Crippen LogP contribution in [0.1, 0.15) is 30.6 Å². The van der Waals surface area contributed by atoms with Crippen molar-refractivity contribution in [2.45, 2.75) is 36.6 Å². The summed E-state index contributed by atoms with van der Waals surface area (Å²) in [5, 5.41) is -0.419. The van der Waals surface area contributed by atoms with E-state index in [0.29, 0.717) is 36.1 Å². The molecule has 1 aliphatic rings. The first-order chi connectivity index (χ1) is 9.74. The van der Waals surface area contributed by atoms with E-state index in [4.69, 9.17) is 4.74 Å². The first kappa shape index (κ1) is 16.4. The van der Waals surface area contributed by atoms with E-state index in [2.05, 4.69) is 0 Å². The van der Waals surface area contributed by atoms with Crippen LogP contribution in [-0.4, -0.2) is 20.0 Å². The molecule has 118 valence electrons. The third-order valence-electron chi connectivity index (χ3n) is 3.10. The Bertz CT molecular complexity index is 604. The molecule has 1 aromatic rings. The molecule has 1 aromatic carbocycles. The van der Waals surface area contributed by atoms with Gasteiger partial charge in [0.05, 0.1) is 11.4 Å². The summed E-state index contributed by atoms with van der Waals surface area (Å²) >= 11 is 0.555. The van der Waals surface area contributed by atoms with Gasteiger partial charge in [-0.15, -0.1) is 0 Å². The molecule has 0 aliphatic carbocycles. The highest BCUT2D eigenvalue weighted by Gasteiger charge is 2.46. The smallest absolute Gasteiger partial charge is 0.490 e. The number of alkyl halides is 3. The second-order valence-corrected chi connectivity index (χ2v) is 7.50. The van der Waals surface area contributed by atoms with Gasteiger partial charge in [-0.05, 0) is 12.5 Å². The summed E-state index contributed by atoms with van der Waals surface area (Å²) in [7, 11) is -5.35. The zero-order valence-corrected chi connectivity index (χ0v) is 12.7. The first-order valence-corrected chi connectivity index (χ1v) is 8.60. The molecule has 0 saturated carbocycles. The van der Waals surface area contributed by atoms with Crippen LogP contribution in [0.5, 0.6) is 5.75 Å². The van der Waals surface area contributed by atoms with Crippen LogP contribution in [0.25, 0.3) is 0 Å². The molecule has 9 heteroatoms. The van der Waals surface area contributed by atoms with Crippen molar-refractivity contribution >= 4 is 22.0 Å². The lowest BCUT2D eigenvalue weighted by Crippen LogP contribution is -2.34. The highest BCUT2D eigenvalue weighted by atomic mass is 32.3. The maximum atomic E-state index is 12.3. The largest absolute Gasteiger partial charge is 0.512 e. The Balaban J connectivity index is 2.17. The van der Waals surface area contributed by atoms with Crippen LogP contribution in [0.15, 0.2) is 24.3 Å². The van der Waals surface area contributed by atoms with Crippen molar-refractivity contribution in [3.63, 3.8) is 0 Å². The van der Waals surface area contributed by atoms with Crippen molar-refractivity contribution in [2.75, 3.05) is 0 Å². The molecule has 0 saturated heterocycles.